The number of halogens is 1. The molecule has 0 bridgehead atoms. The van der Waals surface area contributed by atoms with Gasteiger partial charge in [-0.3, -0.25) is 9.69 Å². The van der Waals surface area contributed by atoms with E-state index in [1.807, 2.05) is 13.1 Å². The monoisotopic (exact) mass is 426 g/mol. The summed E-state index contributed by atoms with van der Waals surface area (Å²) in [5.41, 5.74) is 2.58. The maximum atomic E-state index is 13.5. The largest absolute Gasteiger partial charge is 0.481 e. The van der Waals surface area contributed by atoms with Crippen molar-refractivity contribution in [3.05, 3.63) is 59.7 Å². The molecule has 8 heteroatoms. The van der Waals surface area contributed by atoms with Crippen molar-refractivity contribution in [1.82, 2.24) is 14.7 Å². The van der Waals surface area contributed by atoms with Crippen LogP contribution >= 0.6 is 0 Å². The van der Waals surface area contributed by atoms with E-state index in [4.69, 9.17) is 4.84 Å². The third-order valence-corrected chi connectivity index (χ3v) is 6.38. The number of aryl methyl sites for hydroxylation is 1. The highest BCUT2D eigenvalue weighted by Gasteiger charge is 2.45. The van der Waals surface area contributed by atoms with Gasteiger partial charge in [0, 0.05) is 42.9 Å². The van der Waals surface area contributed by atoms with Crippen molar-refractivity contribution in [3.63, 3.8) is 0 Å². The molecule has 1 aromatic carbocycles. The van der Waals surface area contributed by atoms with Gasteiger partial charge in [-0.15, -0.1) is 0 Å². The Kier molecular flexibility index (Phi) is 5.91. The van der Waals surface area contributed by atoms with Crippen LogP contribution in [0.4, 0.5) is 4.39 Å². The van der Waals surface area contributed by atoms with Crippen LogP contribution < -0.4 is 0 Å². The smallest absolute Gasteiger partial charge is 0.309 e. The lowest BCUT2D eigenvalue weighted by Crippen LogP contribution is -2.45. The summed E-state index contributed by atoms with van der Waals surface area (Å²) in [6.45, 7) is 7.81. The Morgan fingerprint density at radius 1 is 1.42 bits per heavy atom. The van der Waals surface area contributed by atoms with Crippen molar-refractivity contribution in [2.24, 2.45) is 10.6 Å². The van der Waals surface area contributed by atoms with Crippen molar-refractivity contribution >= 4 is 17.9 Å². The lowest BCUT2D eigenvalue weighted by atomic mass is 9.73. The van der Waals surface area contributed by atoms with Gasteiger partial charge in [-0.1, -0.05) is 23.9 Å². The second kappa shape index (κ2) is 8.63. The molecule has 7 nitrogen and oxygen atoms in total. The third-order valence-electron chi connectivity index (χ3n) is 6.38. The molecule has 1 fully saturated rings. The fourth-order valence-corrected chi connectivity index (χ4v) is 4.47. The maximum Gasteiger partial charge on any atom is 0.309 e. The van der Waals surface area contributed by atoms with E-state index in [2.05, 4.69) is 21.7 Å². The number of aromatic nitrogens is 2. The topological polar surface area (TPSA) is 80.0 Å². The number of hydrogen-bond donors (Lipinski definition) is 1. The van der Waals surface area contributed by atoms with Gasteiger partial charge in [0.15, 0.2) is 0 Å². The Morgan fingerprint density at radius 3 is 2.84 bits per heavy atom. The Labute approximate surface area is 180 Å². The number of nitrogens with zero attached hydrogens (tertiary/aromatic N) is 4. The summed E-state index contributed by atoms with van der Waals surface area (Å²) < 4.78 is 15.2. The van der Waals surface area contributed by atoms with Gasteiger partial charge in [-0.05, 0) is 45.0 Å². The number of piperidine rings is 1. The number of hydrogen-bond acceptors (Lipinski definition) is 5. The van der Waals surface area contributed by atoms with Gasteiger partial charge in [-0.25, -0.2) is 9.07 Å². The normalized spacial score (nSPS) is 20.8. The number of aliphatic carboxylic acids is 1. The van der Waals surface area contributed by atoms with E-state index >= 15 is 0 Å². The van der Waals surface area contributed by atoms with Gasteiger partial charge < -0.3 is 9.94 Å². The summed E-state index contributed by atoms with van der Waals surface area (Å²) in [7, 11) is 0. The highest BCUT2D eigenvalue weighted by molar-refractivity contribution is 6.01. The second-order valence-electron chi connectivity index (χ2n) is 8.45. The van der Waals surface area contributed by atoms with Gasteiger partial charge in [0.2, 0.25) is 0 Å². The molecule has 2 aromatic rings. The molecule has 164 valence electrons. The summed E-state index contributed by atoms with van der Waals surface area (Å²) in [5, 5.41) is 18.5. The molecule has 0 saturated carbocycles. The molecule has 0 radical (unpaired) electrons. The van der Waals surface area contributed by atoms with Crippen LogP contribution in [0.25, 0.3) is 6.20 Å². The zero-order chi connectivity index (χ0) is 22.0. The Balaban J connectivity index is 1.37. The fourth-order valence-electron chi connectivity index (χ4n) is 4.47. The molecule has 2 aliphatic heterocycles. The van der Waals surface area contributed by atoms with E-state index in [1.165, 1.54) is 12.1 Å². The van der Waals surface area contributed by atoms with Crippen LogP contribution in [0.5, 0.6) is 0 Å². The Bertz CT molecular complexity index is 1010. The summed E-state index contributed by atoms with van der Waals surface area (Å²) in [5.74, 6) is -1.11. The van der Waals surface area contributed by atoms with Crippen LogP contribution in [0.15, 0.2) is 42.2 Å². The number of carbonyl (C=O) groups is 1. The number of carboxylic acids is 1. The van der Waals surface area contributed by atoms with Gasteiger partial charge in [0.05, 0.1) is 16.8 Å². The van der Waals surface area contributed by atoms with Crippen LogP contribution in [0.2, 0.25) is 0 Å². The minimum absolute atomic E-state index is 0.311. The van der Waals surface area contributed by atoms with Gasteiger partial charge in [0.25, 0.3) is 0 Å². The second-order valence-corrected chi connectivity index (χ2v) is 8.45. The van der Waals surface area contributed by atoms with E-state index in [0.717, 1.165) is 17.8 Å². The summed E-state index contributed by atoms with van der Waals surface area (Å²) in [6, 6.07) is 6.23. The third kappa shape index (κ3) is 4.54. The molecular weight excluding hydrogens is 399 g/mol. The lowest BCUT2D eigenvalue weighted by molar-refractivity contribution is -0.155. The number of carboxylic acid groups (broad SMARTS) is 1. The molecule has 1 N–H and O–H groups in total. The van der Waals surface area contributed by atoms with E-state index < -0.39 is 11.4 Å². The van der Waals surface area contributed by atoms with Crippen LogP contribution in [0.3, 0.4) is 0 Å². The molecule has 1 atom stereocenters. The number of benzene rings is 1. The number of likely N-dealkylation sites (tertiary alicyclic amines) is 1. The van der Waals surface area contributed by atoms with Crippen LogP contribution in [0, 0.1) is 18.2 Å². The van der Waals surface area contributed by atoms with Crippen LogP contribution in [-0.2, 0) is 16.2 Å². The molecule has 2 aliphatic rings. The highest BCUT2D eigenvalue weighted by Crippen LogP contribution is 2.39. The van der Waals surface area contributed by atoms with Crippen molar-refractivity contribution in [1.29, 1.82) is 0 Å². The van der Waals surface area contributed by atoms with Gasteiger partial charge >= 0.3 is 5.97 Å². The molecule has 0 unspecified atom stereocenters. The lowest BCUT2D eigenvalue weighted by Gasteiger charge is -2.39. The van der Waals surface area contributed by atoms with E-state index in [-0.39, 0.29) is 11.9 Å². The SMILES string of the molecule is C=Cn1cc(CN2CCC(C[C@H]3CC(c4cccc(F)c4)=NO3)(C(=O)O)CC2)c(C)n1. The average molecular weight is 426 g/mol. The van der Waals surface area contributed by atoms with Crippen LogP contribution in [0.1, 0.15) is 42.5 Å². The minimum atomic E-state index is -0.839. The predicted molar refractivity (Wildman–Crippen MR) is 115 cm³/mol. The molecule has 31 heavy (non-hydrogen) atoms. The van der Waals surface area contributed by atoms with Gasteiger partial charge in [0.1, 0.15) is 11.9 Å². The first kappa shape index (κ1) is 21.2. The van der Waals surface area contributed by atoms with Gasteiger partial charge in [-0.2, -0.15) is 5.10 Å². The Morgan fingerprint density at radius 2 is 2.19 bits per heavy atom. The molecular formula is C23H27FN4O3. The van der Waals surface area contributed by atoms with Crippen molar-refractivity contribution < 1.29 is 19.1 Å². The first-order valence-corrected chi connectivity index (χ1v) is 10.5. The van der Waals surface area contributed by atoms with Crippen molar-refractivity contribution in [2.75, 3.05) is 13.1 Å². The summed E-state index contributed by atoms with van der Waals surface area (Å²) >= 11 is 0. The zero-order valence-corrected chi connectivity index (χ0v) is 17.6. The molecule has 3 heterocycles. The molecule has 1 saturated heterocycles. The minimum Gasteiger partial charge on any atom is -0.481 e. The maximum absolute atomic E-state index is 13.5. The van der Waals surface area contributed by atoms with Crippen LogP contribution in [-0.4, -0.2) is 50.7 Å². The number of oxime groups is 1. The van der Waals surface area contributed by atoms with E-state index in [9.17, 15) is 14.3 Å². The summed E-state index contributed by atoms with van der Waals surface area (Å²) in [4.78, 5) is 20.1. The zero-order valence-electron chi connectivity index (χ0n) is 17.6. The fraction of sp³-hybridized carbons (Fsp3) is 0.435. The first-order chi connectivity index (χ1) is 14.9. The molecule has 4 rings (SSSR count). The average Bonchev–Trinajstić information content (AvgIpc) is 3.36. The predicted octanol–water partition coefficient (Wildman–Crippen LogP) is 3.68. The molecule has 0 amide bonds. The van der Waals surface area contributed by atoms with E-state index in [1.54, 1.807) is 23.0 Å². The highest BCUT2D eigenvalue weighted by atomic mass is 19.1. The number of rotatable bonds is 7. The standard InChI is InChI=1S/C23H27FN4O3/c1-3-28-15-18(16(2)25-28)14-27-9-7-23(8-10-27,22(29)30)13-20-12-21(26-31-20)17-5-4-6-19(24)11-17/h3-6,11,15,20H,1,7-10,12-14H2,2H3,(H,29,30)/t20-/m1/s1. The quantitative estimate of drug-likeness (QED) is 0.731. The van der Waals surface area contributed by atoms with Crippen molar-refractivity contribution in [2.45, 2.75) is 45.3 Å². The van der Waals surface area contributed by atoms with Crippen molar-refractivity contribution in [3.8, 4) is 0 Å². The summed E-state index contributed by atoms with van der Waals surface area (Å²) in [6.07, 6.45) is 5.28. The molecule has 1 aromatic heterocycles. The van der Waals surface area contributed by atoms with E-state index in [0.29, 0.717) is 50.0 Å². The first-order valence-electron chi connectivity index (χ1n) is 10.5. The molecule has 0 aliphatic carbocycles. The molecule has 0 spiro atoms. The Hall–Kier alpha value is -3.00.